The second-order valence-electron chi connectivity index (χ2n) is 5.55. The Morgan fingerprint density at radius 3 is 2.50 bits per heavy atom. The first-order chi connectivity index (χ1) is 9.49. The zero-order chi connectivity index (χ0) is 14.7. The summed E-state index contributed by atoms with van der Waals surface area (Å²) < 4.78 is 0. The van der Waals surface area contributed by atoms with Gasteiger partial charge in [0, 0.05) is 13.1 Å². The van der Waals surface area contributed by atoms with Gasteiger partial charge in [-0.3, -0.25) is 19.3 Å². The van der Waals surface area contributed by atoms with Crippen molar-refractivity contribution in [3.63, 3.8) is 0 Å². The summed E-state index contributed by atoms with van der Waals surface area (Å²) >= 11 is 0. The lowest BCUT2D eigenvalue weighted by atomic mass is 9.97. The number of aliphatic carboxylic acids is 1. The molecule has 2 heterocycles. The van der Waals surface area contributed by atoms with E-state index in [1.807, 2.05) is 0 Å². The van der Waals surface area contributed by atoms with Crippen molar-refractivity contribution in [2.75, 3.05) is 26.2 Å². The van der Waals surface area contributed by atoms with E-state index in [1.165, 1.54) is 0 Å². The van der Waals surface area contributed by atoms with Crippen LogP contribution in [0.5, 0.6) is 0 Å². The number of rotatable bonds is 4. The van der Waals surface area contributed by atoms with Crippen LogP contribution in [0.1, 0.15) is 25.7 Å². The largest absolute Gasteiger partial charge is 0.480 e. The lowest BCUT2D eigenvalue weighted by Gasteiger charge is -2.33. The molecule has 2 fully saturated rings. The molecule has 2 amide bonds. The Morgan fingerprint density at radius 2 is 1.85 bits per heavy atom. The van der Waals surface area contributed by atoms with E-state index in [2.05, 4.69) is 0 Å². The van der Waals surface area contributed by atoms with E-state index >= 15 is 0 Å². The highest BCUT2D eigenvalue weighted by Gasteiger charge is 2.34. The number of likely N-dealkylation sites (tertiary alicyclic amines) is 2. The van der Waals surface area contributed by atoms with Gasteiger partial charge in [-0.15, -0.1) is 0 Å². The molecular weight excluding hydrogens is 262 g/mol. The Morgan fingerprint density at radius 1 is 1.15 bits per heavy atom. The Labute approximate surface area is 117 Å². The third-order valence-electron chi connectivity index (χ3n) is 4.16. The first-order valence-corrected chi connectivity index (χ1v) is 7.03. The molecule has 2 unspecified atom stereocenters. The van der Waals surface area contributed by atoms with Crippen molar-refractivity contribution >= 4 is 17.8 Å². The summed E-state index contributed by atoms with van der Waals surface area (Å²) in [6, 6.07) is -0.560. The molecule has 0 radical (unpaired) electrons. The number of carboxylic acids is 1. The molecule has 7 heteroatoms. The normalized spacial score (nSPS) is 27.5. The molecule has 0 aliphatic carbocycles. The highest BCUT2D eigenvalue weighted by molar-refractivity contribution is 5.82. The summed E-state index contributed by atoms with van der Waals surface area (Å²) in [6.07, 6.45) is 2.88. The van der Waals surface area contributed by atoms with Gasteiger partial charge >= 0.3 is 5.97 Å². The maximum absolute atomic E-state index is 12.2. The van der Waals surface area contributed by atoms with E-state index in [0.29, 0.717) is 26.1 Å². The van der Waals surface area contributed by atoms with Gasteiger partial charge in [-0.05, 0) is 32.2 Å². The Balaban J connectivity index is 1.91. The summed E-state index contributed by atoms with van der Waals surface area (Å²) in [5, 5.41) is 9.09. The Hall–Kier alpha value is -1.63. The van der Waals surface area contributed by atoms with Crippen molar-refractivity contribution in [3.05, 3.63) is 0 Å². The van der Waals surface area contributed by atoms with Crippen LogP contribution in [0.25, 0.3) is 0 Å². The second kappa shape index (κ2) is 6.21. The zero-order valence-corrected chi connectivity index (χ0v) is 11.5. The van der Waals surface area contributed by atoms with E-state index in [0.717, 1.165) is 19.3 Å². The number of nitrogens with two attached hydrogens (primary N) is 1. The van der Waals surface area contributed by atoms with Gasteiger partial charge in [-0.1, -0.05) is 0 Å². The number of carbonyl (C=O) groups is 3. The molecule has 2 aliphatic rings. The average molecular weight is 283 g/mol. The minimum absolute atomic E-state index is 0.107. The molecule has 2 saturated heterocycles. The van der Waals surface area contributed by atoms with Crippen molar-refractivity contribution in [2.45, 2.75) is 31.7 Å². The van der Waals surface area contributed by atoms with E-state index in [4.69, 9.17) is 10.8 Å². The van der Waals surface area contributed by atoms with Crippen molar-refractivity contribution in [2.24, 2.45) is 11.7 Å². The molecule has 2 atom stereocenters. The van der Waals surface area contributed by atoms with Crippen LogP contribution in [0.15, 0.2) is 0 Å². The van der Waals surface area contributed by atoms with Crippen molar-refractivity contribution in [3.8, 4) is 0 Å². The van der Waals surface area contributed by atoms with Gasteiger partial charge in [0.2, 0.25) is 11.8 Å². The molecular formula is C13H21N3O4. The number of primary amides is 1. The molecule has 20 heavy (non-hydrogen) atoms. The van der Waals surface area contributed by atoms with Crippen molar-refractivity contribution < 1.29 is 19.5 Å². The highest BCUT2D eigenvalue weighted by Crippen LogP contribution is 2.19. The molecule has 0 aromatic heterocycles. The maximum atomic E-state index is 12.2. The molecule has 7 nitrogen and oxygen atoms in total. The summed E-state index contributed by atoms with van der Waals surface area (Å²) in [7, 11) is 0. The van der Waals surface area contributed by atoms with E-state index in [-0.39, 0.29) is 24.3 Å². The fraction of sp³-hybridized carbons (Fsp3) is 0.769. The predicted molar refractivity (Wildman–Crippen MR) is 70.7 cm³/mol. The molecule has 0 saturated carbocycles. The van der Waals surface area contributed by atoms with Crippen LogP contribution < -0.4 is 5.73 Å². The number of piperidine rings is 1. The molecule has 0 bridgehead atoms. The van der Waals surface area contributed by atoms with Crippen LogP contribution in [0.3, 0.4) is 0 Å². The third kappa shape index (κ3) is 3.27. The van der Waals surface area contributed by atoms with Crippen LogP contribution >= 0.6 is 0 Å². The highest BCUT2D eigenvalue weighted by atomic mass is 16.4. The number of carbonyl (C=O) groups excluding carboxylic acids is 2. The molecule has 2 rings (SSSR count). The molecule has 0 aromatic carbocycles. The third-order valence-corrected chi connectivity index (χ3v) is 4.16. The minimum atomic E-state index is -0.871. The van der Waals surface area contributed by atoms with Crippen LogP contribution in [-0.2, 0) is 14.4 Å². The topological polar surface area (TPSA) is 104 Å². The van der Waals surface area contributed by atoms with Crippen LogP contribution in [-0.4, -0.2) is 64.9 Å². The standard InChI is InChI=1S/C13H21N3O4/c14-12(18)9-3-1-6-16(7-9)11(17)8-15-5-2-4-10(15)13(19)20/h9-10H,1-8H2,(H2,14,18)(H,19,20). The second-order valence-corrected chi connectivity index (χ2v) is 5.55. The first-order valence-electron chi connectivity index (χ1n) is 7.03. The smallest absolute Gasteiger partial charge is 0.320 e. The molecule has 3 N–H and O–H groups in total. The summed E-state index contributed by atoms with van der Waals surface area (Å²) in [6.45, 7) is 1.73. The van der Waals surface area contributed by atoms with Gasteiger partial charge in [0.15, 0.2) is 0 Å². The van der Waals surface area contributed by atoms with E-state index < -0.39 is 12.0 Å². The first kappa shape index (κ1) is 14.8. The van der Waals surface area contributed by atoms with E-state index in [9.17, 15) is 14.4 Å². The van der Waals surface area contributed by atoms with Gasteiger partial charge in [-0.2, -0.15) is 0 Å². The van der Waals surface area contributed by atoms with Gasteiger partial charge in [0.1, 0.15) is 6.04 Å². The molecule has 2 aliphatic heterocycles. The SMILES string of the molecule is NC(=O)C1CCCN(C(=O)CN2CCCC2C(=O)O)C1. The fourth-order valence-corrected chi connectivity index (χ4v) is 3.00. The van der Waals surface area contributed by atoms with Gasteiger partial charge < -0.3 is 15.7 Å². The van der Waals surface area contributed by atoms with Gasteiger partial charge in [-0.25, -0.2) is 0 Å². The number of hydrogen-bond donors (Lipinski definition) is 2. The summed E-state index contributed by atoms with van der Waals surface area (Å²) in [5.74, 6) is -1.62. The number of amides is 2. The molecule has 0 aromatic rings. The van der Waals surface area contributed by atoms with E-state index in [1.54, 1.807) is 9.80 Å². The monoisotopic (exact) mass is 283 g/mol. The van der Waals surface area contributed by atoms with Crippen LogP contribution in [0.4, 0.5) is 0 Å². The van der Waals surface area contributed by atoms with Gasteiger partial charge in [0.05, 0.1) is 12.5 Å². The zero-order valence-electron chi connectivity index (χ0n) is 11.5. The number of nitrogens with zero attached hydrogens (tertiary/aromatic N) is 2. The van der Waals surface area contributed by atoms with Crippen LogP contribution in [0.2, 0.25) is 0 Å². The Kier molecular flexibility index (Phi) is 4.59. The lowest BCUT2D eigenvalue weighted by molar-refractivity contribution is -0.143. The molecule has 0 spiro atoms. The number of hydrogen-bond acceptors (Lipinski definition) is 4. The van der Waals surface area contributed by atoms with Gasteiger partial charge in [0.25, 0.3) is 0 Å². The summed E-state index contributed by atoms with van der Waals surface area (Å²) in [4.78, 5) is 37.9. The minimum Gasteiger partial charge on any atom is -0.480 e. The summed E-state index contributed by atoms with van der Waals surface area (Å²) in [5.41, 5.74) is 5.29. The number of carboxylic acid groups (broad SMARTS) is 1. The fourth-order valence-electron chi connectivity index (χ4n) is 3.00. The average Bonchev–Trinajstić information content (AvgIpc) is 2.87. The van der Waals surface area contributed by atoms with Crippen LogP contribution in [0, 0.1) is 5.92 Å². The quantitative estimate of drug-likeness (QED) is 0.707. The Bertz CT molecular complexity index is 412. The molecule has 112 valence electrons. The predicted octanol–water partition coefficient (Wildman–Crippen LogP) is -0.741. The lowest BCUT2D eigenvalue weighted by Crippen LogP contribution is -2.49. The van der Waals surface area contributed by atoms with Crippen molar-refractivity contribution in [1.29, 1.82) is 0 Å². The van der Waals surface area contributed by atoms with Crippen molar-refractivity contribution in [1.82, 2.24) is 9.80 Å². The maximum Gasteiger partial charge on any atom is 0.320 e.